The highest BCUT2D eigenvalue weighted by molar-refractivity contribution is 6.49. The minimum absolute atomic E-state index is 0.200. The van der Waals surface area contributed by atoms with Crippen molar-refractivity contribution in [3.05, 3.63) is 48.3 Å². The Labute approximate surface area is 152 Å². The van der Waals surface area contributed by atoms with Crippen LogP contribution in [0.15, 0.2) is 53.3 Å². The molecule has 0 saturated heterocycles. The molecule has 0 amide bonds. The van der Waals surface area contributed by atoms with Crippen molar-refractivity contribution >= 4 is 28.5 Å². The number of hydrogen-bond donors (Lipinski definition) is 2. The molecule has 7 heteroatoms. The van der Waals surface area contributed by atoms with Gasteiger partial charge in [0.15, 0.2) is 5.82 Å². The fraction of sp³-hybridized carbons (Fsp3) is 0.316. The maximum Gasteiger partial charge on any atom is 0.206 e. The van der Waals surface area contributed by atoms with Gasteiger partial charge in [-0.25, -0.2) is 9.51 Å². The number of ketones is 1. The molecule has 0 atom stereocenters. The number of fused-ring (bicyclic) bond motifs is 1. The number of aromatic nitrogens is 2. The van der Waals surface area contributed by atoms with Crippen molar-refractivity contribution in [2.24, 2.45) is 10.7 Å². The molecule has 0 unspecified atom stereocenters. The lowest BCUT2D eigenvalue weighted by atomic mass is 10.1. The van der Waals surface area contributed by atoms with Crippen LogP contribution in [-0.4, -0.2) is 52.2 Å². The third-order valence-corrected chi connectivity index (χ3v) is 4.34. The monoisotopic (exact) mass is 352 g/mol. The molecule has 0 radical (unpaired) electrons. The van der Waals surface area contributed by atoms with Crippen LogP contribution in [0.2, 0.25) is 0 Å². The summed E-state index contributed by atoms with van der Waals surface area (Å²) in [5.41, 5.74) is 7.96. The number of nitrogens with one attached hydrogen (secondary N) is 1. The van der Waals surface area contributed by atoms with Gasteiger partial charge in [-0.3, -0.25) is 4.79 Å². The number of anilines is 1. The molecule has 0 aromatic carbocycles. The van der Waals surface area contributed by atoms with E-state index in [2.05, 4.69) is 34.2 Å². The number of allylic oxidation sites excluding steroid dienone is 3. The molecule has 26 heavy (non-hydrogen) atoms. The van der Waals surface area contributed by atoms with Crippen LogP contribution in [0, 0.1) is 0 Å². The topological polar surface area (TPSA) is 88.0 Å². The van der Waals surface area contributed by atoms with Gasteiger partial charge in [-0.1, -0.05) is 19.9 Å². The average molecular weight is 352 g/mol. The number of rotatable bonds is 7. The third-order valence-electron chi connectivity index (χ3n) is 4.34. The van der Waals surface area contributed by atoms with Gasteiger partial charge in [0.2, 0.25) is 5.78 Å². The summed E-state index contributed by atoms with van der Waals surface area (Å²) in [7, 11) is 0. The number of pyridine rings is 1. The summed E-state index contributed by atoms with van der Waals surface area (Å²) in [6.45, 7) is 7.96. The van der Waals surface area contributed by atoms with Crippen molar-refractivity contribution < 1.29 is 4.79 Å². The Balaban J connectivity index is 1.90. The molecule has 7 nitrogen and oxygen atoms in total. The summed E-state index contributed by atoms with van der Waals surface area (Å²) < 4.78 is 1.76. The number of hydrogen-bond acceptors (Lipinski definition) is 6. The Hall–Kier alpha value is -2.93. The summed E-state index contributed by atoms with van der Waals surface area (Å²) in [5.74, 6) is 0.467. The van der Waals surface area contributed by atoms with Gasteiger partial charge in [0.1, 0.15) is 11.4 Å². The zero-order chi connectivity index (χ0) is 18.5. The summed E-state index contributed by atoms with van der Waals surface area (Å²) in [5, 5.41) is 7.93. The van der Waals surface area contributed by atoms with Gasteiger partial charge in [0.05, 0.1) is 5.52 Å². The van der Waals surface area contributed by atoms with Gasteiger partial charge in [-0.05, 0) is 37.4 Å². The van der Waals surface area contributed by atoms with E-state index in [0.717, 1.165) is 31.7 Å². The van der Waals surface area contributed by atoms with Crippen molar-refractivity contribution in [2.75, 3.05) is 31.5 Å². The fourth-order valence-corrected chi connectivity index (χ4v) is 2.83. The van der Waals surface area contributed by atoms with Crippen LogP contribution in [0.4, 0.5) is 11.5 Å². The Morgan fingerprint density at radius 1 is 1.27 bits per heavy atom. The maximum absolute atomic E-state index is 12.2. The van der Waals surface area contributed by atoms with Crippen LogP contribution in [0.25, 0.3) is 5.52 Å². The van der Waals surface area contributed by atoms with Gasteiger partial charge < -0.3 is 16.0 Å². The molecule has 1 aliphatic rings. The molecule has 3 rings (SSSR count). The number of likely N-dealkylation sites (N-methyl/N-ethyl adjacent to an activating group) is 1. The number of aliphatic imine (C=N–C) groups is 1. The van der Waals surface area contributed by atoms with Crippen molar-refractivity contribution in [2.45, 2.75) is 13.8 Å². The summed E-state index contributed by atoms with van der Waals surface area (Å²) in [6, 6.07) is 5.77. The quantitative estimate of drug-likeness (QED) is 0.746. The van der Waals surface area contributed by atoms with E-state index >= 15 is 0 Å². The van der Waals surface area contributed by atoms with E-state index in [-0.39, 0.29) is 5.78 Å². The molecule has 0 bridgehead atoms. The van der Waals surface area contributed by atoms with Crippen molar-refractivity contribution in [3.8, 4) is 0 Å². The molecule has 0 fully saturated rings. The Morgan fingerprint density at radius 3 is 2.81 bits per heavy atom. The predicted octanol–water partition coefficient (Wildman–Crippen LogP) is 2.14. The molecule has 2 heterocycles. The molecule has 2 aromatic rings. The fourth-order valence-electron chi connectivity index (χ4n) is 2.83. The standard InChI is InChI=1S/C19H24N6O/c1-3-24(4-2)12-10-21-19-18(16-7-5-6-11-25(16)23-19)22-15-9-8-14(20)13-17(15)26/h5-9,11,13H,3-4,10,12,20H2,1-2H3,(H,21,23). The molecule has 3 N–H and O–H groups in total. The second kappa shape index (κ2) is 7.97. The van der Waals surface area contributed by atoms with Gasteiger partial charge in [0.25, 0.3) is 0 Å². The molecular formula is C19H24N6O. The summed E-state index contributed by atoms with van der Waals surface area (Å²) in [4.78, 5) is 19.1. The Bertz CT molecular complexity index is 889. The summed E-state index contributed by atoms with van der Waals surface area (Å²) in [6.07, 6.45) is 6.58. The highest BCUT2D eigenvalue weighted by Crippen LogP contribution is 2.30. The smallest absolute Gasteiger partial charge is 0.206 e. The SMILES string of the molecule is CCN(CC)CCNc1nn2ccccc2c1N=C1C=CC(N)=CC1=O. The van der Waals surface area contributed by atoms with Gasteiger partial charge >= 0.3 is 0 Å². The van der Waals surface area contributed by atoms with Crippen molar-refractivity contribution in [1.82, 2.24) is 14.5 Å². The van der Waals surface area contributed by atoms with Crippen LogP contribution >= 0.6 is 0 Å². The van der Waals surface area contributed by atoms with Crippen LogP contribution in [0.3, 0.4) is 0 Å². The van der Waals surface area contributed by atoms with Crippen molar-refractivity contribution in [3.63, 3.8) is 0 Å². The van der Waals surface area contributed by atoms with Gasteiger partial charge in [0, 0.05) is 31.1 Å². The first-order chi connectivity index (χ1) is 12.6. The molecule has 0 saturated carbocycles. The van der Waals surface area contributed by atoms with Gasteiger partial charge in [-0.2, -0.15) is 0 Å². The highest BCUT2D eigenvalue weighted by atomic mass is 16.1. The van der Waals surface area contributed by atoms with Gasteiger partial charge in [-0.15, -0.1) is 5.10 Å². The predicted molar refractivity (Wildman–Crippen MR) is 105 cm³/mol. The molecule has 1 aliphatic carbocycles. The lowest BCUT2D eigenvalue weighted by Crippen LogP contribution is -2.28. The van der Waals surface area contributed by atoms with Crippen LogP contribution in [0.5, 0.6) is 0 Å². The Kier molecular flexibility index (Phi) is 5.48. The van der Waals surface area contributed by atoms with Crippen LogP contribution < -0.4 is 11.1 Å². The minimum Gasteiger partial charge on any atom is -0.399 e. The molecule has 2 aromatic heterocycles. The second-order valence-corrected chi connectivity index (χ2v) is 6.02. The third kappa shape index (κ3) is 3.83. The lowest BCUT2D eigenvalue weighted by Gasteiger charge is -2.17. The number of nitrogens with two attached hydrogens (primary N) is 1. The average Bonchev–Trinajstić information content (AvgIpc) is 2.98. The van der Waals surface area contributed by atoms with E-state index < -0.39 is 0 Å². The molecule has 0 aliphatic heterocycles. The molecule has 0 spiro atoms. The van der Waals surface area contributed by atoms with Crippen molar-refractivity contribution in [1.29, 1.82) is 0 Å². The van der Waals surface area contributed by atoms with E-state index in [1.54, 1.807) is 16.7 Å². The highest BCUT2D eigenvalue weighted by Gasteiger charge is 2.16. The first-order valence-electron chi connectivity index (χ1n) is 8.84. The first kappa shape index (κ1) is 17.9. The van der Waals surface area contributed by atoms with Crippen LogP contribution in [-0.2, 0) is 4.79 Å². The molecular weight excluding hydrogens is 328 g/mol. The van der Waals surface area contributed by atoms with E-state index in [4.69, 9.17) is 5.73 Å². The maximum atomic E-state index is 12.2. The zero-order valence-electron chi connectivity index (χ0n) is 15.1. The first-order valence-corrected chi connectivity index (χ1v) is 8.84. The largest absolute Gasteiger partial charge is 0.399 e. The van der Waals surface area contributed by atoms with E-state index in [1.807, 2.05) is 24.4 Å². The Morgan fingerprint density at radius 2 is 2.08 bits per heavy atom. The number of carbonyl (C=O) groups is 1. The summed E-state index contributed by atoms with van der Waals surface area (Å²) >= 11 is 0. The lowest BCUT2D eigenvalue weighted by molar-refractivity contribution is -0.108. The minimum atomic E-state index is -0.200. The van der Waals surface area contributed by atoms with Crippen LogP contribution in [0.1, 0.15) is 13.8 Å². The molecule has 136 valence electrons. The normalized spacial score (nSPS) is 15.9. The zero-order valence-corrected chi connectivity index (χ0v) is 15.1. The van der Waals surface area contributed by atoms with E-state index in [9.17, 15) is 4.79 Å². The number of nitrogens with zero attached hydrogens (tertiary/aromatic N) is 4. The van der Waals surface area contributed by atoms with E-state index in [1.165, 1.54) is 6.08 Å². The second-order valence-electron chi connectivity index (χ2n) is 6.02. The number of carbonyl (C=O) groups excluding carboxylic acids is 1. The van der Waals surface area contributed by atoms with E-state index in [0.29, 0.717) is 22.9 Å².